The molecule has 1 saturated heterocycles. The van der Waals surface area contributed by atoms with Crippen LogP contribution in [0.25, 0.3) is 0 Å². The van der Waals surface area contributed by atoms with Gasteiger partial charge >= 0.3 is 0 Å². The summed E-state index contributed by atoms with van der Waals surface area (Å²) in [7, 11) is 0. The van der Waals surface area contributed by atoms with Gasteiger partial charge in [-0.3, -0.25) is 9.69 Å². The lowest BCUT2D eigenvalue weighted by atomic mass is 9.92. The number of nitrogens with two attached hydrogens (primary N) is 1. The number of aliphatic hydroxyl groups is 1. The number of halogens is 2. The van der Waals surface area contributed by atoms with Crippen LogP contribution in [0.4, 0.5) is 0 Å². The van der Waals surface area contributed by atoms with E-state index in [1.165, 1.54) is 0 Å². The van der Waals surface area contributed by atoms with Gasteiger partial charge in [0.15, 0.2) is 5.60 Å². The number of ether oxygens (including phenoxy) is 1. The van der Waals surface area contributed by atoms with E-state index in [-0.39, 0.29) is 6.54 Å². The number of rotatable bonds is 5. The zero-order valence-corrected chi connectivity index (χ0v) is 13.0. The molecule has 7 heteroatoms. The summed E-state index contributed by atoms with van der Waals surface area (Å²) in [6.07, 6.45) is 1.12. The molecule has 1 aromatic rings. The summed E-state index contributed by atoms with van der Waals surface area (Å²) in [6, 6.07) is 5.01. The van der Waals surface area contributed by atoms with Crippen LogP contribution in [0.15, 0.2) is 18.2 Å². The van der Waals surface area contributed by atoms with Crippen LogP contribution in [-0.2, 0) is 4.79 Å². The Balaban J connectivity index is 1.86. The first kappa shape index (κ1) is 16.4. The molecule has 1 aliphatic heterocycles. The molecule has 1 fully saturated rings. The van der Waals surface area contributed by atoms with Crippen LogP contribution in [0.2, 0.25) is 10.0 Å². The lowest BCUT2D eigenvalue weighted by molar-refractivity contribution is -0.142. The van der Waals surface area contributed by atoms with E-state index in [0.29, 0.717) is 35.4 Å². The van der Waals surface area contributed by atoms with Crippen molar-refractivity contribution in [1.82, 2.24) is 4.90 Å². The molecule has 1 aliphatic rings. The van der Waals surface area contributed by atoms with Crippen molar-refractivity contribution in [2.24, 2.45) is 5.73 Å². The highest BCUT2D eigenvalue weighted by atomic mass is 35.5. The molecule has 1 aromatic carbocycles. The lowest BCUT2D eigenvalue weighted by Gasteiger charge is -2.36. The van der Waals surface area contributed by atoms with Crippen LogP contribution in [-0.4, -0.2) is 47.8 Å². The van der Waals surface area contributed by atoms with Gasteiger partial charge in [-0.2, -0.15) is 0 Å². The van der Waals surface area contributed by atoms with Crippen molar-refractivity contribution < 1.29 is 14.6 Å². The van der Waals surface area contributed by atoms with Crippen LogP contribution in [0, 0.1) is 0 Å². The van der Waals surface area contributed by atoms with E-state index in [4.69, 9.17) is 33.7 Å². The maximum atomic E-state index is 11.3. The SMILES string of the molecule is NC(=O)[C@]1(O)CCCN(CCOc2cc(Cl)ccc2Cl)C1. The number of nitrogens with zero attached hydrogens (tertiary/aromatic N) is 1. The van der Waals surface area contributed by atoms with Gasteiger partial charge in [0.05, 0.1) is 5.02 Å². The number of likely N-dealkylation sites (tertiary alicyclic amines) is 1. The zero-order chi connectivity index (χ0) is 15.5. The molecule has 0 aliphatic carbocycles. The summed E-state index contributed by atoms with van der Waals surface area (Å²) in [4.78, 5) is 13.2. The molecule has 2 rings (SSSR count). The maximum Gasteiger partial charge on any atom is 0.250 e. The number of carbonyl (C=O) groups is 1. The molecule has 0 bridgehead atoms. The third-order valence-corrected chi connectivity index (χ3v) is 4.11. The first-order chi connectivity index (χ1) is 9.90. The smallest absolute Gasteiger partial charge is 0.250 e. The molecule has 116 valence electrons. The maximum absolute atomic E-state index is 11.3. The Morgan fingerprint density at radius 2 is 2.24 bits per heavy atom. The van der Waals surface area contributed by atoms with E-state index >= 15 is 0 Å². The highest BCUT2D eigenvalue weighted by Gasteiger charge is 2.38. The van der Waals surface area contributed by atoms with Gasteiger partial charge in [0.25, 0.3) is 5.91 Å². The number of β-amino-alcohol motifs (C(OH)–C–C–N with tert-alkyl or cyclic N) is 1. The number of piperidine rings is 1. The van der Waals surface area contributed by atoms with E-state index in [2.05, 4.69) is 0 Å². The van der Waals surface area contributed by atoms with Gasteiger partial charge in [-0.05, 0) is 31.5 Å². The fraction of sp³-hybridized carbons (Fsp3) is 0.500. The van der Waals surface area contributed by atoms with Gasteiger partial charge in [-0.15, -0.1) is 0 Å². The number of primary amides is 1. The van der Waals surface area contributed by atoms with E-state index in [1.807, 2.05) is 4.90 Å². The Hall–Kier alpha value is -1.01. The molecular weight excluding hydrogens is 315 g/mol. The van der Waals surface area contributed by atoms with E-state index in [9.17, 15) is 9.90 Å². The monoisotopic (exact) mass is 332 g/mol. The molecule has 0 saturated carbocycles. The predicted octanol–water partition coefficient (Wildman–Crippen LogP) is 1.68. The second-order valence-corrected chi connectivity index (χ2v) is 6.04. The third kappa shape index (κ3) is 4.23. The van der Waals surface area contributed by atoms with Crippen LogP contribution in [0.1, 0.15) is 12.8 Å². The summed E-state index contributed by atoms with van der Waals surface area (Å²) in [5, 5.41) is 11.2. The molecule has 0 radical (unpaired) electrons. The van der Waals surface area contributed by atoms with Crippen molar-refractivity contribution in [3.05, 3.63) is 28.2 Å². The topological polar surface area (TPSA) is 75.8 Å². The van der Waals surface area contributed by atoms with Crippen molar-refractivity contribution in [2.45, 2.75) is 18.4 Å². The Labute approximate surface area is 133 Å². The van der Waals surface area contributed by atoms with Gasteiger partial charge in [0.1, 0.15) is 12.4 Å². The highest BCUT2D eigenvalue weighted by Crippen LogP contribution is 2.27. The molecular formula is C14H18Cl2N2O3. The molecule has 0 aromatic heterocycles. The normalized spacial score (nSPS) is 23.0. The molecule has 21 heavy (non-hydrogen) atoms. The van der Waals surface area contributed by atoms with E-state index in [0.717, 1.165) is 13.0 Å². The van der Waals surface area contributed by atoms with Crippen LogP contribution >= 0.6 is 23.2 Å². The van der Waals surface area contributed by atoms with Crippen molar-refractivity contribution >= 4 is 29.1 Å². The Morgan fingerprint density at radius 3 is 2.95 bits per heavy atom. The summed E-state index contributed by atoms with van der Waals surface area (Å²) in [6.45, 7) is 1.98. The van der Waals surface area contributed by atoms with Crippen molar-refractivity contribution in [1.29, 1.82) is 0 Å². The van der Waals surface area contributed by atoms with Gasteiger partial charge in [-0.25, -0.2) is 0 Å². The predicted molar refractivity (Wildman–Crippen MR) is 81.8 cm³/mol. The molecule has 5 nitrogen and oxygen atoms in total. The molecule has 0 spiro atoms. The zero-order valence-electron chi connectivity index (χ0n) is 11.5. The number of benzene rings is 1. The second kappa shape index (κ2) is 6.83. The number of carbonyl (C=O) groups excluding carboxylic acids is 1. The minimum absolute atomic E-state index is 0.231. The van der Waals surface area contributed by atoms with Crippen LogP contribution in [0.5, 0.6) is 5.75 Å². The van der Waals surface area contributed by atoms with E-state index < -0.39 is 11.5 Å². The summed E-state index contributed by atoms with van der Waals surface area (Å²) in [5.74, 6) is -0.155. The summed E-state index contributed by atoms with van der Waals surface area (Å²) in [5.41, 5.74) is 3.80. The number of amides is 1. The molecule has 1 atom stereocenters. The van der Waals surface area contributed by atoms with Gasteiger partial charge in [0, 0.05) is 24.2 Å². The quantitative estimate of drug-likeness (QED) is 0.860. The Bertz CT molecular complexity index is 527. The Morgan fingerprint density at radius 1 is 1.48 bits per heavy atom. The van der Waals surface area contributed by atoms with Gasteiger partial charge < -0.3 is 15.6 Å². The highest BCUT2D eigenvalue weighted by molar-refractivity contribution is 6.34. The third-order valence-electron chi connectivity index (χ3n) is 3.57. The minimum Gasteiger partial charge on any atom is -0.491 e. The van der Waals surface area contributed by atoms with E-state index in [1.54, 1.807) is 18.2 Å². The largest absolute Gasteiger partial charge is 0.491 e. The number of hydrogen-bond acceptors (Lipinski definition) is 4. The lowest BCUT2D eigenvalue weighted by Crippen LogP contribution is -2.56. The average Bonchev–Trinajstić information content (AvgIpc) is 2.43. The van der Waals surface area contributed by atoms with Gasteiger partial charge in [-0.1, -0.05) is 23.2 Å². The van der Waals surface area contributed by atoms with Crippen molar-refractivity contribution in [3.63, 3.8) is 0 Å². The minimum atomic E-state index is -1.44. The average molecular weight is 333 g/mol. The Kier molecular flexibility index (Phi) is 5.32. The van der Waals surface area contributed by atoms with Crippen molar-refractivity contribution in [3.8, 4) is 5.75 Å². The van der Waals surface area contributed by atoms with Crippen LogP contribution < -0.4 is 10.5 Å². The number of hydrogen-bond donors (Lipinski definition) is 2. The van der Waals surface area contributed by atoms with Crippen LogP contribution in [0.3, 0.4) is 0 Å². The summed E-state index contributed by atoms with van der Waals surface area (Å²) < 4.78 is 5.59. The second-order valence-electron chi connectivity index (χ2n) is 5.20. The molecule has 1 heterocycles. The first-order valence-electron chi connectivity index (χ1n) is 6.73. The van der Waals surface area contributed by atoms with Gasteiger partial charge in [0.2, 0.25) is 0 Å². The first-order valence-corrected chi connectivity index (χ1v) is 7.49. The molecule has 0 unspecified atom stereocenters. The van der Waals surface area contributed by atoms with Crippen molar-refractivity contribution in [2.75, 3.05) is 26.2 Å². The molecule has 1 amide bonds. The fourth-order valence-electron chi connectivity index (χ4n) is 2.39. The summed E-state index contributed by atoms with van der Waals surface area (Å²) >= 11 is 11.9. The standard InChI is InChI=1S/C14H18Cl2N2O3/c15-10-2-3-11(16)12(8-10)21-7-6-18-5-1-4-14(20,9-18)13(17)19/h2-3,8,20H,1,4-7,9H2,(H2,17,19)/t14-/m0/s1. The molecule has 3 N–H and O–H groups in total. The fourth-order valence-corrected chi connectivity index (χ4v) is 2.72.